The number of likely N-dealkylation sites (N-methyl/N-ethyl adjacent to an activating group) is 1. The first-order valence-electron chi connectivity index (χ1n) is 4.95. The van der Waals surface area contributed by atoms with E-state index in [1.165, 1.54) is 4.90 Å². The van der Waals surface area contributed by atoms with Crippen LogP contribution in [0.15, 0.2) is 30.0 Å². The number of nitrogens with one attached hydrogen (secondary N) is 1. The summed E-state index contributed by atoms with van der Waals surface area (Å²) in [5.74, 6) is -0.353. The summed E-state index contributed by atoms with van der Waals surface area (Å²) in [5.41, 5.74) is 2.39. The second kappa shape index (κ2) is 3.81. The van der Waals surface area contributed by atoms with Crippen LogP contribution in [0.2, 0.25) is 0 Å². The Morgan fingerprint density at radius 2 is 2.06 bits per heavy atom. The van der Waals surface area contributed by atoms with Gasteiger partial charge in [0, 0.05) is 7.05 Å². The number of hydrogen-bond acceptors (Lipinski definition) is 2. The van der Waals surface area contributed by atoms with Crippen molar-refractivity contribution in [3.05, 3.63) is 41.1 Å². The zero-order valence-corrected chi connectivity index (χ0v) is 9.15. The first kappa shape index (κ1) is 10.4. The topological polar surface area (TPSA) is 49.4 Å². The highest BCUT2D eigenvalue weighted by atomic mass is 16.2. The molecule has 0 atom stereocenters. The van der Waals surface area contributed by atoms with Crippen LogP contribution >= 0.6 is 0 Å². The first-order valence-corrected chi connectivity index (χ1v) is 4.95. The smallest absolute Gasteiger partial charge is 0.292 e. The second-order valence-corrected chi connectivity index (χ2v) is 3.76. The van der Waals surface area contributed by atoms with Crippen LogP contribution in [-0.4, -0.2) is 23.9 Å². The Bertz CT molecular complexity index is 492. The molecule has 1 aliphatic rings. The van der Waals surface area contributed by atoms with Crippen LogP contribution in [0.1, 0.15) is 11.1 Å². The molecular formula is C12H12N2O2. The minimum atomic E-state index is -0.385. The lowest BCUT2D eigenvalue weighted by Crippen LogP contribution is -2.24. The summed E-state index contributed by atoms with van der Waals surface area (Å²) in [5, 5.41) is 2.23. The number of imide groups is 1. The van der Waals surface area contributed by atoms with Crippen LogP contribution in [0, 0.1) is 6.92 Å². The maximum atomic E-state index is 11.4. The molecule has 1 aliphatic heterocycles. The zero-order chi connectivity index (χ0) is 11.7. The monoisotopic (exact) mass is 216 g/mol. The summed E-state index contributed by atoms with van der Waals surface area (Å²) in [7, 11) is 1.57. The first-order chi connectivity index (χ1) is 7.58. The maximum Gasteiger partial charge on any atom is 0.328 e. The lowest BCUT2D eigenvalue weighted by Gasteiger charge is -2.06. The molecule has 1 heterocycles. The standard InChI is InChI=1S/C12H12N2O2/c1-8-4-3-5-9(6-8)7-10-11(15)13-12(16)14(10)2/h3-7H,1-2H3,(H,13,15,16). The molecule has 0 saturated carbocycles. The van der Waals surface area contributed by atoms with E-state index in [0.717, 1.165) is 11.1 Å². The van der Waals surface area contributed by atoms with Gasteiger partial charge in [0.25, 0.3) is 5.91 Å². The molecule has 3 amide bonds. The molecule has 0 spiro atoms. The molecule has 2 rings (SSSR count). The Morgan fingerprint density at radius 3 is 2.62 bits per heavy atom. The van der Waals surface area contributed by atoms with E-state index >= 15 is 0 Å². The third-order valence-electron chi connectivity index (χ3n) is 2.46. The highest BCUT2D eigenvalue weighted by molar-refractivity contribution is 6.13. The molecule has 4 nitrogen and oxygen atoms in total. The van der Waals surface area contributed by atoms with Crippen molar-refractivity contribution in [1.82, 2.24) is 10.2 Å². The van der Waals surface area contributed by atoms with E-state index in [-0.39, 0.29) is 11.9 Å². The van der Waals surface area contributed by atoms with E-state index in [2.05, 4.69) is 5.32 Å². The molecule has 0 aliphatic carbocycles. The number of urea groups is 1. The third-order valence-corrected chi connectivity index (χ3v) is 2.46. The fourth-order valence-corrected chi connectivity index (χ4v) is 1.59. The highest BCUT2D eigenvalue weighted by Gasteiger charge is 2.29. The van der Waals surface area contributed by atoms with Crippen molar-refractivity contribution in [2.45, 2.75) is 6.92 Å². The number of hydrogen-bond donors (Lipinski definition) is 1. The summed E-state index contributed by atoms with van der Waals surface area (Å²) in [6, 6.07) is 7.35. The molecule has 82 valence electrons. The van der Waals surface area contributed by atoms with E-state index in [1.54, 1.807) is 13.1 Å². The van der Waals surface area contributed by atoms with Crippen LogP contribution < -0.4 is 5.32 Å². The Hall–Kier alpha value is -2.10. The predicted molar refractivity (Wildman–Crippen MR) is 60.5 cm³/mol. The molecule has 0 unspecified atom stereocenters. The van der Waals surface area contributed by atoms with Gasteiger partial charge >= 0.3 is 6.03 Å². The number of amides is 3. The summed E-state index contributed by atoms with van der Waals surface area (Å²) in [6.45, 7) is 1.98. The van der Waals surface area contributed by atoms with E-state index < -0.39 is 0 Å². The van der Waals surface area contributed by atoms with E-state index in [4.69, 9.17) is 0 Å². The van der Waals surface area contributed by atoms with Crippen LogP contribution in [-0.2, 0) is 4.79 Å². The third kappa shape index (κ3) is 1.82. The highest BCUT2D eigenvalue weighted by Crippen LogP contribution is 2.15. The van der Waals surface area contributed by atoms with Crippen molar-refractivity contribution in [2.75, 3.05) is 7.05 Å². The van der Waals surface area contributed by atoms with E-state index in [0.29, 0.717) is 5.70 Å². The van der Waals surface area contributed by atoms with Crippen LogP contribution in [0.3, 0.4) is 0 Å². The summed E-state index contributed by atoms with van der Waals surface area (Å²) < 4.78 is 0. The van der Waals surface area contributed by atoms with Gasteiger partial charge in [-0.2, -0.15) is 0 Å². The van der Waals surface area contributed by atoms with Gasteiger partial charge < -0.3 is 0 Å². The van der Waals surface area contributed by atoms with E-state index in [9.17, 15) is 9.59 Å². The van der Waals surface area contributed by atoms with Gasteiger partial charge in [-0.3, -0.25) is 15.0 Å². The largest absolute Gasteiger partial charge is 0.328 e. The predicted octanol–water partition coefficient (Wildman–Crippen LogP) is 1.52. The van der Waals surface area contributed by atoms with Gasteiger partial charge in [0.15, 0.2) is 0 Å². The van der Waals surface area contributed by atoms with Crippen molar-refractivity contribution in [2.24, 2.45) is 0 Å². The van der Waals surface area contributed by atoms with Gasteiger partial charge in [-0.15, -0.1) is 0 Å². The number of carbonyl (C=O) groups is 2. The van der Waals surface area contributed by atoms with Gasteiger partial charge in [-0.05, 0) is 18.6 Å². The van der Waals surface area contributed by atoms with Crippen molar-refractivity contribution < 1.29 is 9.59 Å². The molecule has 1 fully saturated rings. The lowest BCUT2D eigenvalue weighted by molar-refractivity contribution is -0.115. The Kier molecular flexibility index (Phi) is 2.48. The molecule has 0 aromatic heterocycles. The summed E-state index contributed by atoms with van der Waals surface area (Å²) >= 11 is 0. The minimum Gasteiger partial charge on any atom is -0.292 e. The molecule has 1 N–H and O–H groups in total. The molecule has 0 bridgehead atoms. The van der Waals surface area contributed by atoms with Gasteiger partial charge in [-0.25, -0.2) is 4.79 Å². The van der Waals surface area contributed by atoms with E-state index in [1.807, 2.05) is 31.2 Å². The fraction of sp³-hybridized carbons (Fsp3) is 0.167. The molecule has 1 aromatic rings. The van der Waals surface area contributed by atoms with Crippen LogP contribution in [0.5, 0.6) is 0 Å². The van der Waals surface area contributed by atoms with Gasteiger partial charge in [0.05, 0.1) is 0 Å². The number of aryl methyl sites for hydroxylation is 1. The molecule has 4 heteroatoms. The Balaban J connectivity index is 2.38. The fourth-order valence-electron chi connectivity index (χ4n) is 1.59. The average molecular weight is 216 g/mol. The average Bonchev–Trinajstić information content (AvgIpc) is 2.45. The zero-order valence-electron chi connectivity index (χ0n) is 9.15. The minimum absolute atomic E-state index is 0.353. The normalized spacial score (nSPS) is 18.1. The van der Waals surface area contributed by atoms with Crippen LogP contribution in [0.25, 0.3) is 6.08 Å². The molecule has 0 radical (unpaired) electrons. The lowest BCUT2D eigenvalue weighted by atomic mass is 10.1. The Labute approximate surface area is 93.6 Å². The van der Waals surface area contributed by atoms with Gasteiger partial charge in [-0.1, -0.05) is 29.8 Å². The quantitative estimate of drug-likeness (QED) is 0.571. The Morgan fingerprint density at radius 1 is 1.31 bits per heavy atom. The number of benzene rings is 1. The second-order valence-electron chi connectivity index (χ2n) is 3.76. The number of rotatable bonds is 1. The van der Waals surface area contributed by atoms with Crippen molar-refractivity contribution in [3.63, 3.8) is 0 Å². The number of nitrogens with zero attached hydrogens (tertiary/aromatic N) is 1. The summed E-state index contributed by atoms with van der Waals surface area (Å²) in [4.78, 5) is 24.0. The van der Waals surface area contributed by atoms with Crippen LogP contribution in [0.4, 0.5) is 4.79 Å². The summed E-state index contributed by atoms with van der Waals surface area (Å²) in [6.07, 6.45) is 1.70. The van der Waals surface area contributed by atoms with Gasteiger partial charge in [0.2, 0.25) is 0 Å². The van der Waals surface area contributed by atoms with Crippen molar-refractivity contribution in [3.8, 4) is 0 Å². The molecule has 1 aromatic carbocycles. The molecule has 16 heavy (non-hydrogen) atoms. The van der Waals surface area contributed by atoms with Crippen molar-refractivity contribution >= 4 is 18.0 Å². The molecular weight excluding hydrogens is 204 g/mol. The van der Waals surface area contributed by atoms with Gasteiger partial charge in [0.1, 0.15) is 5.70 Å². The van der Waals surface area contributed by atoms with Crippen molar-refractivity contribution in [1.29, 1.82) is 0 Å². The molecule has 1 saturated heterocycles. The number of carbonyl (C=O) groups excluding carboxylic acids is 2. The maximum absolute atomic E-state index is 11.4. The SMILES string of the molecule is Cc1cccc(C=C2C(=O)NC(=O)N2C)c1.